The number of halogens is 1. The van der Waals surface area contributed by atoms with Gasteiger partial charge in [-0.3, -0.25) is 9.36 Å². The fraction of sp³-hybridized carbons (Fsp3) is 0.136. The lowest BCUT2D eigenvalue weighted by atomic mass is 10.2. The Morgan fingerprint density at radius 1 is 1.00 bits per heavy atom. The molecule has 0 aliphatic carbocycles. The van der Waals surface area contributed by atoms with E-state index in [4.69, 9.17) is 11.6 Å². The molecule has 4 rings (SSSR count). The highest BCUT2D eigenvalue weighted by atomic mass is 35.5. The van der Waals surface area contributed by atoms with Crippen LogP contribution in [0.25, 0.3) is 10.2 Å². The van der Waals surface area contributed by atoms with E-state index in [9.17, 15) is 13.2 Å². The lowest BCUT2D eigenvalue weighted by molar-refractivity contribution is 0.467. The van der Waals surface area contributed by atoms with Gasteiger partial charge in [0.25, 0.3) is 0 Å². The zero-order valence-corrected chi connectivity index (χ0v) is 18.5. The van der Waals surface area contributed by atoms with Gasteiger partial charge in [-0.15, -0.1) is 0 Å². The Morgan fingerprint density at radius 3 is 2.43 bits per heavy atom. The van der Waals surface area contributed by atoms with E-state index in [1.54, 1.807) is 35.9 Å². The molecule has 0 saturated heterocycles. The number of thiazole rings is 1. The van der Waals surface area contributed by atoms with Gasteiger partial charge in [-0.25, -0.2) is 8.42 Å². The summed E-state index contributed by atoms with van der Waals surface area (Å²) in [5.74, 6) is 0. The molecule has 1 aromatic heterocycles. The van der Waals surface area contributed by atoms with Crippen molar-refractivity contribution in [1.82, 2.24) is 8.87 Å². The van der Waals surface area contributed by atoms with Crippen molar-refractivity contribution in [1.29, 1.82) is 0 Å². The summed E-state index contributed by atoms with van der Waals surface area (Å²) in [5, 5.41) is 0.588. The molecule has 30 heavy (non-hydrogen) atoms. The van der Waals surface area contributed by atoms with E-state index in [2.05, 4.69) is 0 Å². The maximum atomic E-state index is 13.0. The zero-order valence-electron chi connectivity index (χ0n) is 16.2. The first-order valence-corrected chi connectivity index (χ1v) is 11.9. The van der Waals surface area contributed by atoms with Gasteiger partial charge >= 0.3 is 4.87 Å². The molecule has 0 radical (unpaired) electrons. The SMILES string of the molecule is CN(Cc1ccccc1)S(=O)(=O)c1ccc2c(c1)sc(=O)n2Cc1ccccc1Cl. The molecule has 0 aliphatic heterocycles. The standard InChI is InChI=1S/C22H19ClN2O3S2/c1-24(14-16-7-3-2-4-8-16)30(27,28)18-11-12-20-21(13-18)29-22(26)25(20)15-17-9-5-6-10-19(17)23/h2-13H,14-15H2,1H3. The quantitative estimate of drug-likeness (QED) is 0.424. The number of nitrogens with zero attached hydrogens (tertiary/aromatic N) is 2. The molecule has 0 aliphatic rings. The second-order valence-corrected chi connectivity index (χ2v) is 10.4. The minimum Gasteiger partial charge on any atom is -0.294 e. The molecular weight excluding hydrogens is 440 g/mol. The summed E-state index contributed by atoms with van der Waals surface area (Å²) in [4.78, 5) is 12.6. The van der Waals surface area contributed by atoms with Crippen molar-refractivity contribution in [3.05, 3.63) is 98.6 Å². The molecule has 5 nitrogen and oxygen atoms in total. The molecule has 0 saturated carbocycles. The molecule has 0 atom stereocenters. The number of aromatic nitrogens is 1. The van der Waals surface area contributed by atoms with Gasteiger partial charge in [0.1, 0.15) is 0 Å². The average molecular weight is 459 g/mol. The monoisotopic (exact) mass is 458 g/mol. The van der Waals surface area contributed by atoms with Crippen molar-refractivity contribution in [2.45, 2.75) is 18.0 Å². The van der Waals surface area contributed by atoms with Crippen molar-refractivity contribution < 1.29 is 8.42 Å². The predicted octanol–water partition coefficient (Wildman–Crippen LogP) is 4.59. The number of benzene rings is 3. The molecule has 4 aromatic rings. The third kappa shape index (κ3) is 4.06. The van der Waals surface area contributed by atoms with E-state index in [-0.39, 0.29) is 16.3 Å². The highest BCUT2D eigenvalue weighted by molar-refractivity contribution is 7.89. The van der Waals surface area contributed by atoms with E-state index in [0.29, 0.717) is 21.8 Å². The number of rotatable bonds is 6. The fourth-order valence-corrected chi connectivity index (χ4v) is 5.65. The van der Waals surface area contributed by atoms with Gasteiger partial charge in [0.15, 0.2) is 0 Å². The first kappa shape index (κ1) is 20.8. The number of fused-ring (bicyclic) bond motifs is 1. The number of hydrogen-bond donors (Lipinski definition) is 0. The summed E-state index contributed by atoms with van der Waals surface area (Å²) in [6.45, 7) is 0.601. The predicted molar refractivity (Wildman–Crippen MR) is 122 cm³/mol. The summed E-state index contributed by atoms with van der Waals surface area (Å²) in [6, 6.07) is 21.6. The molecule has 154 valence electrons. The summed E-state index contributed by atoms with van der Waals surface area (Å²) < 4.78 is 29.6. The third-order valence-electron chi connectivity index (χ3n) is 4.88. The highest BCUT2D eigenvalue weighted by Crippen LogP contribution is 2.26. The van der Waals surface area contributed by atoms with Crippen LogP contribution in [0, 0.1) is 0 Å². The molecule has 0 N–H and O–H groups in total. The van der Waals surface area contributed by atoms with Gasteiger partial charge in [0, 0.05) is 18.6 Å². The summed E-state index contributed by atoms with van der Waals surface area (Å²) >= 11 is 7.27. The van der Waals surface area contributed by atoms with E-state index >= 15 is 0 Å². The molecule has 0 amide bonds. The summed E-state index contributed by atoms with van der Waals surface area (Å²) in [6.07, 6.45) is 0. The smallest absolute Gasteiger partial charge is 0.294 e. The molecule has 3 aromatic carbocycles. The Hall–Kier alpha value is -2.45. The van der Waals surface area contributed by atoms with Gasteiger partial charge in [-0.2, -0.15) is 4.31 Å². The van der Waals surface area contributed by atoms with E-state index in [1.165, 1.54) is 4.31 Å². The van der Waals surface area contributed by atoms with Gasteiger partial charge in [0.2, 0.25) is 10.0 Å². The lowest BCUT2D eigenvalue weighted by Crippen LogP contribution is -2.26. The van der Waals surface area contributed by atoms with Gasteiger partial charge in [0.05, 0.1) is 21.7 Å². The average Bonchev–Trinajstić information content (AvgIpc) is 3.04. The molecule has 0 bridgehead atoms. The largest absolute Gasteiger partial charge is 0.308 e. The number of hydrogen-bond acceptors (Lipinski definition) is 4. The van der Waals surface area contributed by atoms with Crippen LogP contribution in [-0.2, 0) is 23.1 Å². The first-order valence-electron chi connectivity index (χ1n) is 9.23. The van der Waals surface area contributed by atoms with Crippen LogP contribution < -0.4 is 4.87 Å². The Balaban J connectivity index is 1.67. The maximum absolute atomic E-state index is 13.0. The Morgan fingerprint density at radius 2 is 1.70 bits per heavy atom. The van der Waals surface area contributed by atoms with Crippen LogP contribution >= 0.6 is 22.9 Å². The van der Waals surface area contributed by atoms with Crippen LogP contribution in [0.2, 0.25) is 5.02 Å². The molecule has 0 fully saturated rings. The van der Waals surface area contributed by atoms with Crippen molar-refractivity contribution in [2.24, 2.45) is 0 Å². The first-order chi connectivity index (χ1) is 14.4. The molecule has 0 spiro atoms. The van der Waals surface area contributed by atoms with Crippen molar-refractivity contribution >= 4 is 43.2 Å². The fourth-order valence-electron chi connectivity index (χ4n) is 3.26. The van der Waals surface area contributed by atoms with Gasteiger partial charge in [-0.1, -0.05) is 71.5 Å². The summed E-state index contributed by atoms with van der Waals surface area (Å²) in [5.41, 5.74) is 2.43. The molecule has 0 unspecified atom stereocenters. The molecule has 1 heterocycles. The second-order valence-electron chi connectivity index (χ2n) is 6.92. The van der Waals surface area contributed by atoms with Crippen LogP contribution in [0.15, 0.2) is 82.5 Å². The van der Waals surface area contributed by atoms with Gasteiger partial charge in [-0.05, 0) is 35.4 Å². The van der Waals surface area contributed by atoms with Crippen LogP contribution in [0.3, 0.4) is 0 Å². The van der Waals surface area contributed by atoms with Crippen LogP contribution in [-0.4, -0.2) is 24.3 Å². The molecular formula is C22H19ClN2O3S2. The second kappa shape index (κ2) is 8.35. The van der Waals surface area contributed by atoms with Crippen molar-refractivity contribution in [3.63, 3.8) is 0 Å². The van der Waals surface area contributed by atoms with Crippen LogP contribution in [0.4, 0.5) is 0 Å². The van der Waals surface area contributed by atoms with Crippen LogP contribution in [0.1, 0.15) is 11.1 Å². The number of sulfonamides is 1. The Kier molecular flexibility index (Phi) is 5.79. The Bertz CT molecular complexity index is 1360. The normalized spacial score (nSPS) is 12.0. The highest BCUT2D eigenvalue weighted by Gasteiger charge is 2.22. The van der Waals surface area contributed by atoms with E-state index in [0.717, 1.165) is 22.5 Å². The van der Waals surface area contributed by atoms with E-state index in [1.807, 2.05) is 48.5 Å². The van der Waals surface area contributed by atoms with Crippen LogP contribution in [0.5, 0.6) is 0 Å². The van der Waals surface area contributed by atoms with Gasteiger partial charge < -0.3 is 0 Å². The lowest BCUT2D eigenvalue weighted by Gasteiger charge is -2.17. The zero-order chi connectivity index (χ0) is 21.3. The topological polar surface area (TPSA) is 59.4 Å². The Labute approximate surface area is 183 Å². The minimum absolute atomic E-state index is 0.155. The molecule has 8 heteroatoms. The minimum atomic E-state index is -3.69. The van der Waals surface area contributed by atoms with E-state index < -0.39 is 10.0 Å². The maximum Gasteiger partial charge on any atom is 0.308 e. The third-order valence-corrected chi connectivity index (χ3v) is 7.99. The van der Waals surface area contributed by atoms with Crippen molar-refractivity contribution in [2.75, 3.05) is 7.05 Å². The summed E-state index contributed by atoms with van der Waals surface area (Å²) in [7, 11) is -2.14. The van der Waals surface area contributed by atoms with Crippen molar-refractivity contribution in [3.8, 4) is 0 Å².